The summed E-state index contributed by atoms with van der Waals surface area (Å²) < 4.78 is 98.4. The molecule has 2 aromatic rings. The van der Waals surface area contributed by atoms with E-state index < -0.39 is 64.4 Å². The lowest BCUT2D eigenvalue weighted by Gasteiger charge is -2.42. The fraction of sp³-hybridized carbons (Fsp3) is 0.562. The number of aromatic nitrogens is 2. The maximum absolute atomic E-state index is 15.4. The number of nitrogen functional groups attached to an aromatic ring is 1. The fourth-order valence-corrected chi connectivity index (χ4v) is 7.67. The van der Waals surface area contributed by atoms with E-state index in [0.29, 0.717) is 24.3 Å². The van der Waals surface area contributed by atoms with Gasteiger partial charge in [0.25, 0.3) is 5.91 Å². The van der Waals surface area contributed by atoms with Crippen molar-refractivity contribution in [2.24, 2.45) is 0 Å². The molecule has 1 amide bonds. The molecule has 10 nitrogen and oxygen atoms in total. The average molecular weight is 680 g/mol. The maximum atomic E-state index is 15.4. The van der Waals surface area contributed by atoms with Crippen LogP contribution in [0, 0.1) is 24.1 Å². The van der Waals surface area contributed by atoms with Crippen molar-refractivity contribution in [2.45, 2.75) is 75.7 Å². The van der Waals surface area contributed by atoms with Crippen LogP contribution in [0.4, 0.5) is 37.8 Å². The number of fused-ring (bicyclic) bond motifs is 2. The molecular formula is C32H35F6N7O3. The molecule has 0 aliphatic carbocycles. The summed E-state index contributed by atoms with van der Waals surface area (Å²) in [6.45, 7) is 5.29. The molecule has 1 aromatic carbocycles. The van der Waals surface area contributed by atoms with Crippen LogP contribution in [0.1, 0.15) is 59.7 Å². The first-order chi connectivity index (χ1) is 22.7. The summed E-state index contributed by atoms with van der Waals surface area (Å²) in [4.78, 5) is 26.7. The van der Waals surface area contributed by atoms with E-state index in [1.165, 1.54) is 11.8 Å². The molecule has 3 saturated heterocycles. The number of halogens is 6. The molecule has 4 aliphatic heterocycles. The Balaban J connectivity index is 1.38. The highest BCUT2D eigenvalue weighted by molar-refractivity contribution is 5.91. The van der Waals surface area contributed by atoms with Gasteiger partial charge in [-0.2, -0.15) is 28.4 Å². The number of anilines is 2. The Morgan fingerprint density at radius 3 is 2.75 bits per heavy atom. The third-order valence-electron chi connectivity index (χ3n) is 9.82. The lowest BCUT2D eigenvalue weighted by atomic mass is 9.91. The number of rotatable bonds is 7. The van der Waals surface area contributed by atoms with E-state index in [2.05, 4.69) is 16.5 Å². The Morgan fingerprint density at radius 1 is 1.27 bits per heavy atom. The molecule has 0 bridgehead atoms. The van der Waals surface area contributed by atoms with Crippen molar-refractivity contribution in [2.75, 3.05) is 50.0 Å². The third-order valence-corrected chi connectivity index (χ3v) is 9.82. The molecule has 4 atom stereocenters. The minimum atomic E-state index is -4.90. The summed E-state index contributed by atoms with van der Waals surface area (Å²) in [5.41, 5.74) is 3.26. The molecule has 0 unspecified atom stereocenters. The zero-order valence-electron chi connectivity index (χ0n) is 26.3. The van der Waals surface area contributed by atoms with E-state index in [1.54, 1.807) is 4.90 Å². The van der Waals surface area contributed by atoms with Crippen LogP contribution < -0.4 is 15.4 Å². The second-order valence-electron chi connectivity index (χ2n) is 12.9. The van der Waals surface area contributed by atoms with Gasteiger partial charge in [0.15, 0.2) is 11.6 Å². The molecule has 0 saturated carbocycles. The summed E-state index contributed by atoms with van der Waals surface area (Å²) in [6.07, 6.45) is -5.87. The number of benzene rings is 1. The van der Waals surface area contributed by atoms with Gasteiger partial charge in [-0.3, -0.25) is 9.69 Å². The predicted octanol–water partition coefficient (Wildman–Crippen LogP) is 4.71. The molecule has 258 valence electrons. The average Bonchev–Trinajstić information content (AvgIpc) is 3.55. The lowest BCUT2D eigenvalue weighted by molar-refractivity contribution is -0.140. The van der Waals surface area contributed by atoms with Crippen LogP contribution >= 0.6 is 0 Å². The molecule has 16 heteroatoms. The van der Waals surface area contributed by atoms with Crippen molar-refractivity contribution in [3.05, 3.63) is 52.2 Å². The smallest absolute Gasteiger partial charge is 0.417 e. The number of hydrogen-bond donors (Lipinski definition) is 1. The lowest BCUT2D eigenvalue weighted by Crippen LogP contribution is -2.55. The van der Waals surface area contributed by atoms with Crippen LogP contribution in [0.25, 0.3) is 0 Å². The van der Waals surface area contributed by atoms with Crippen LogP contribution in [0.3, 0.4) is 0 Å². The van der Waals surface area contributed by atoms with Gasteiger partial charge < -0.3 is 25.0 Å². The number of ether oxygens (including phenoxy) is 2. The van der Waals surface area contributed by atoms with Gasteiger partial charge in [-0.1, -0.05) is 6.58 Å². The van der Waals surface area contributed by atoms with E-state index in [0.717, 1.165) is 19.0 Å². The first-order valence-electron chi connectivity index (χ1n) is 15.7. The van der Waals surface area contributed by atoms with Crippen LogP contribution in [0.5, 0.6) is 6.01 Å². The Bertz CT molecular complexity index is 1670. The fourth-order valence-electron chi connectivity index (χ4n) is 7.67. The van der Waals surface area contributed by atoms with Crippen molar-refractivity contribution in [1.29, 1.82) is 5.26 Å². The topological polar surface area (TPSA) is 121 Å². The van der Waals surface area contributed by atoms with Crippen molar-refractivity contribution < 1.29 is 40.6 Å². The van der Waals surface area contributed by atoms with Crippen LogP contribution in [0.15, 0.2) is 18.5 Å². The molecule has 0 spiro atoms. The number of hydrogen-bond acceptors (Lipinski definition) is 9. The molecular weight excluding hydrogens is 644 g/mol. The number of nitrogens with two attached hydrogens (primary N) is 1. The Kier molecular flexibility index (Phi) is 8.97. The number of alkyl halides is 4. The van der Waals surface area contributed by atoms with Gasteiger partial charge in [0.05, 0.1) is 53.7 Å². The van der Waals surface area contributed by atoms with E-state index in [-0.39, 0.29) is 69.4 Å². The molecule has 6 rings (SSSR count). The van der Waals surface area contributed by atoms with Gasteiger partial charge >= 0.3 is 12.2 Å². The summed E-state index contributed by atoms with van der Waals surface area (Å²) >= 11 is 0. The predicted molar refractivity (Wildman–Crippen MR) is 161 cm³/mol. The second kappa shape index (κ2) is 12.7. The van der Waals surface area contributed by atoms with E-state index in [1.807, 2.05) is 11.0 Å². The highest BCUT2D eigenvalue weighted by Crippen LogP contribution is 2.45. The highest BCUT2D eigenvalue weighted by Gasteiger charge is 2.49. The first-order valence-corrected chi connectivity index (χ1v) is 15.7. The number of aryl methyl sites for hydroxylation is 1. The zero-order valence-corrected chi connectivity index (χ0v) is 26.3. The Hall–Kier alpha value is -4.10. The van der Waals surface area contributed by atoms with Gasteiger partial charge in [0.1, 0.15) is 18.6 Å². The summed E-state index contributed by atoms with van der Waals surface area (Å²) in [6, 6.07) is 2.10. The van der Waals surface area contributed by atoms with Crippen molar-refractivity contribution in [3.63, 3.8) is 0 Å². The SMILES string of the molecule is C=C(F)C(=O)N1CCN(c2nc(OC[C@@]34CCCN3C[C@H](F)C4)nc3c2CO[C@H](c2c(F)c(N)cc(C)c2C(F)(F)F)C3)C[C@@H]1CC#N. The number of nitrogens with zero attached hydrogens (tertiary/aromatic N) is 6. The molecule has 3 fully saturated rings. The van der Waals surface area contributed by atoms with Gasteiger partial charge in [-0.25, -0.2) is 13.2 Å². The standard InChI is InChI=1S/C32H35F6N7O3/c1-17-10-22(40)27(35)25(26(17)32(36,37)38)24-11-23-21(15-47-24)28(43-8-9-45(29(46)18(2)33)20(14-43)4-6-39)42-30(41-23)48-16-31-5-3-7-44(31)13-19(34)12-31/h10,19-20,24H,2-5,7-9,11-16,40H2,1H3/t19-,20+,24+,31+/m1/s1. The van der Waals surface area contributed by atoms with Gasteiger partial charge in [-0.15, -0.1) is 0 Å². The molecule has 2 N–H and O–H groups in total. The van der Waals surface area contributed by atoms with Crippen LogP contribution in [-0.4, -0.2) is 82.8 Å². The minimum Gasteiger partial charge on any atom is -0.461 e. The monoisotopic (exact) mass is 679 g/mol. The van der Waals surface area contributed by atoms with E-state index >= 15 is 4.39 Å². The first kappa shape index (κ1) is 33.8. The Morgan fingerprint density at radius 2 is 2.04 bits per heavy atom. The van der Waals surface area contributed by atoms with Crippen molar-refractivity contribution in [1.82, 2.24) is 19.8 Å². The van der Waals surface area contributed by atoms with Gasteiger partial charge in [0, 0.05) is 50.1 Å². The maximum Gasteiger partial charge on any atom is 0.417 e. The summed E-state index contributed by atoms with van der Waals surface area (Å²) in [7, 11) is 0. The number of carbonyl (C=O) groups excluding carboxylic acids is 1. The van der Waals surface area contributed by atoms with Gasteiger partial charge in [-0.05, 0) is 37.9 Å². The molecule has 0 radical (unpaired) electrons. The van der Waals surface area contributed by atoms with Crippen molar-refractivity contribution >= 4 is 17.4 Å². The number of carbonyl (C=O) groups is 1. The normalized spacial score (nSPS) is 25.8. The molecule has 1 aromatic heterocycles. The molecule has 4 aliphatic rings. The second-order valence-corrected chi connectivity index (χ2v) is 12.9. The van der Waals surface area contributed by atoms with Crippen LogP contribution in [-0.2, 0) is 28.7 Å². The number of piperazine rings is 1. The van der Waals surface area contributed by atoms with Gasteiger partial charge in [0.2, 0.25) is 0 Å². The van der Waals surface area contributed by atoms with E-state index in [4.69, 9.17) is 15.2 Å². The van der Waals surface area contributed by atoms with E-state index in [9.17, 15) is 32.0 Å². The Labute approximate surface area is 273 Å². The molecule has 48 heavy (non-hydrogen) atoms. The van der Waals surface area contributed by atoms with Crippen LogP contribution in [0.2, 0.25) is 0 Å². The summed E-state index contributed by atoms with van der Waals surface area (Å²) in [5, 5.41) is 9.46. The number of amides is 1. The zero-order chi connectivity index (χ0) is 34.5. The number of nitriles is 1. The summed E-state index contributed by atoms with van der Waals surface area (Å²) in [5.74, 6) is -3.04. The molecule has 5 heterocycles. The third kappa shape index (κ3) is 6.13. The van der Waals surface area contributed by atoms with Crippen molar-refractivity contribution in [3.8, 4) is 12.1 Å². The minimum absolute atomic E-state index is 0.0191. The highest BCUT2D eigenvalue weighted by atomic mass is 19.4. The quantitative estimate of drug-likeness (QED) is 0.252. The largest absolute Gasteiger partial charge is 0.461 e.